The first-order valence-electron chi connectivity index (χ1n) is 5.09. The Kier molecular flexibility index (Phi) is 2.81. The number of rotatable bonds is 2. The highest BCUT2D eigenvalue weighted by Crippen LogP contribution is 2.45. The summed E-state index contributed by atoms with van der Waals surface area (Å²) < 4.78 is 42.8. The van der Waals surface area contributed by atoms with Crippen LogP contribution in [0.3, 0.4) is 0 Å². The molecule has 0 unspecified atom stereocenters. The molecule has 6 heteroatoms. The molecule has 0 aromatic carbocycles. The van der Waals surface area contributed by atoms with Crippen molar-refractivity contribution in [3.63, 3.8) is 0 Å². The van der Waals surface area contributed by atoms with Gasteiger partial charge in [-0.25, -0.2) is 9.78 Å². The van der Waals surface area contributed by atoms with E-state index in [9.17, 15) is 18.0 Å². The molecule has 92 valence electrons. The number of methoxy groups -OCH3 is 1. The zero-order valence-corrected chi connectivity index (χ0v) is 9.04. The number of hydrogen-bond donors (Lipinski definition) is 0. The normalized spacial score (nSPS) is 15.8. The number of nitrogens with zero attached hydrogens (tertiary/aromatic N) is 1. The van der Waals surface area contributed by atoms with Gasteiger partial charge in [0.25, 0.3) is 0 Å². The van der Waals surface area contributed by atoms with Gasteiger partial charge in [0.05, 0.1) is 12.7 Å². The van der Waals surface area contributed by atoms with Gasteiger partial charge in [0, 0.05) is 6.20 Å². The molecule has 3 nitrogen and oxygen atoms in total. The summed E-state index contributed by atoms with van der Waals surface area (Å²) in [5.74, 6) is -0.941. The summed E-state index contributed by atoms with van der Waals surface area (Å²) >= 11 is 0. The standard InChI is InChI=1S/C11H10F3NO2/c1-17-10(16)9-4-8(11(12,13)14)7(5-15-9)6-2-3-6/h4-6H,2-3H2,1H3. The highest BCUT2D eigenvalue weighted by molar-refractivity contribution is 5.87. The monoisotopic (exact) mass is 245 g/mol. The topological polar surface area (TPSA) is 39.2 Å². The molecule has 2 rings (SSSR count). The van der Waals surface area contributed by atoms with Crippen molar-refractivity contribution in [1.82, 2.24) is 4.98 Å². The minimum absolute atomic E-state index is 0.0779. The van der Waals surface area contributed by atoms with E-state index in [0.29, 0.717) is 0 Å². The van der Waals surface area contributed by atoms with Crippen LogP contribution in [0.1, 0.15) is 40.4 Å². The Morgan fingerprint density at radius 1 is 1.47 bits per heavy atom. The van der Waals surface area contributed by atoms with Crippen LogP contribution in [-0.2, 0) is 10.9 Å². The second-order valence-electron chi connectivity index (χ2n) is 3.92. The predicted molar refractivity (Wildman–Crippen MR) is 52.6 cm³/mol. The number of carbonyl (C=O) groups is 1. The van der Waals surface area contributed by atoms with E-state index < -0.39 is 17.7 Å². The summed E-state index contributed by atoms with van der Waals surface area (Å²) in [5, 5.41) is 0. The van der Waals surface area contributed by atoms with Crippen LogP contribution in [0.25, 0.3) is 0 Å². The third-order valence-electron chi connectivity index (χ3n) is 2.65. The van der Waals surface area contributed by atoms with Crippen molar-refractivity contribution in [2.75, 3.05) is 7.11 Å². The van der Waals surface area contributed by atoms with E-state index in [4.69, 9.17) is 0 Å². The first-order chi connectivity index (χ1) is 7.93. The molecular formula is C11H10F3NO2. The van der Waals surface area contributed by atoms with Crippen molar-refractivity contribution in [3.05, 3.63) is 29.1 Å². The first-order valence-corrected chi connectivity index (χ1v) is 5.09. The van der Waals surface area contributed by atoms with Crippen molar-refractivity contribution in [2.24, 2.45) is 0 Å². The quantitative estimate of drug-likeness (QED) is 0.752. The number of halogens is 3. The Labute approximate surface area is 95.6 Å². The third-order valence-corrected chi connectivity index (χ3v) is 2.65. The molecule has 1 aliphatic rings. The number of aromatic nitrogens is 1. The SMILES string of the molecule is COC(=O)c1cc(C(F)(F)F)c(C2CC2)cn1. The highest BCUT2D eigenvalue weighted by atomic mass is 19.4. The lowest BCUT2D eigenvalue weighted by molar-refractivity contribution is -0.138. The number of hydrogen-bond acceptors (Lipinski definition) is 3. The number of carbonyl (C=O) groups excluding carboxylic acids is 1. The molecule has 1 aromatic heterocycles. The summed E-state index contributed by atoms with van der Waals surface area (Å²) in [6.45, 7) is 0. The fourth-order valence-corrected chi connectivity index (χ4v) is 1.65. The number of ether oxygens (including phenoxy) is 1. The molecule has 0 bridgehead atoms. The summed E-state index contributed by atoms with van der Waals surface area (Å²) in [4.78, 5) is 14.8. The van der Waals surface area contributed by atoms with Crippen LogP contribution in [0, 0.1) is 0 Å². The van der Waals surface area contributed by atoms with Crippen LogP contribution in [0.4, 0.5) is 13.2 Å². The van der Waals surface area contributed by atoms with E-state index in [2.05, 4.69) is 9.72 Å². The molecule has 0 N–H and O–H groups in total. The Bertz CT molecular complexity index is 453. The second-order valence-corrected chi connectivity index (χ2v) is 3.92. The van der Waals surface area contributed by atoms with E-state index in [-0.39, 0.29) is 17.2 Å². The Morgan fingerprint density at radius 3 is 2.59 bits per heavy atom. The predicted octanol–water partition coefficient (Wildman–Crippen LogP) is 2.76. The minimum Gasteiger partial charge on any atom is -0.464 e. The van der Waals surface area contributed by atoms with Crippen LogP contribution < -0.4 is 0 Å². The molecule has 1 heterocycles. The van der Waals surface area contributed by atoms with Crippen LogP contribution in [0.2, 0.25) is 0 Å². The molecule has 0 spiro atoms. The van der Waals surface area contributed by atoms with Gasteiger partial charge >= 0.3 is 12.1 Å². The largest absolute Gasteiger partial charge is 0.464 e. The first kappa shape index (κ1) is 11.9. The van der Waals surface area contributed by atoms with Gasteiger partial charge in [0.1, 0.15) is 5.69 Å². The van der Waals surface area contributed by atoms with Gasteiger partial charge in [-0.3, -0.25) is 0 Å². The molecular weight excluding hydrogens is 235 g/mol. The van der Waals surface area contributed by atoms with Gasteiger partial charge < -0.3 is 4.74 Å². The Balaban J connectivity index is 2.46. The lowest BCUT2D eigenvalue weighted by Gasteiger charge is -2.12. The van der Waals surface area contributed by atoms with E-state index >= 15 is 0 Å². The lowest BCUT2D eigenvalue weighted by atomic mass is 10.0. The minimum atomic E-state index is -4.47. The maximum atomic E-state index is 12.8. The van der Waals surface area contributed by atoms with Crippen LogP contribution in [0.5, 0.6) is 0 Å². The second kappa shape index (κ2) is 4.01. The molecule has 0 atom stereocenters. The fraction of sp³-hybridized carbons (Fsp3) is 0.455. The van der Waals surface area contributed by atoms with E-state index in [1.54, 1.807) is 0 Å². The average Bonchev–Trinajstić information content (AvgIpc) is 3.10. The fourth-order valence-electron chi connectivity index (χ4n) is 1.65. The summed E-state index contributed by atoms with van der Waals surface area (Å²) in [6, 6.07) is 0.763. The lowest BCUT2D eigenvalue weighted by Crippen LogP contribution is -2.13. The Morgan fingerprint density at radius 2 is 2.12 bits per heavy atom. The average molecular weight is 245 g/mol. The van der Waals surface area contributed by atoms with Gasteiger partial charge in [0.2, 0.25) is 0 Å². The molecule has 1 aromatic rings. The van der Waals surface area contributed by atoms with Gasteiger partial charge in [0.15, 0.2) is 0 Å². The molecule has 0 radical (unpaired) electrons. The van der Waals surface area contributed by atoms with Crippen molar-refractivity contribution in [2.45, 2.75) is 24.9 Å². The summed E-state index contributed by atoms with van der Waals surface area (Å²) in [5.41, 5.74) is -0.926. The zero-order valence-electron chi connectivity index (χ0n) is 9.04. The summed E-state index contributed by atoms with van der Waals surface area (Å²) in [7, 11) is 1.10. The maximum absolute atomic E-state index is 12.8. The molecule has 1 saturated carbocycles. The number of pyridine rings is 1. The van der Waals surface area contributed by atoms with Crippen molar-refractivity contribution in [3.8, 4) is 0 Å². The van der Waals surface area contributed by atoms with Gasteiger partial charge in [-0.2, -0.15) is 13.2 Å². The van der Waals surface area contributed by atoms with Crippen molar-refractivity contribution < 1.29 is 22.7 Å². The highest BCUT2D eigenvalue weighted by Gasteiger charge is 2.39. The van der Waals surface area contributed by atoms with Crippen LogP contribution >= 0.6 is 0 Å². The van der Waals surface area contributed by atoms with Gasteiger partial charge in [-0.1, -0.05) is 0 Å². The third kappa shape index (κ3) is 2.40. The molecule has 1 fully saturated rings. The molecule has 0 amide bonds. The van der Waals surface area contributed by atoms with Gasteiger partial charge in [-0.15, -0.1) is 0 Å². The molecule has 17 heavy (non-hydrogen) atoms. The van der Waals surface area contributed by atoms with E-state index in [0.717, 1.165) is 32.2 Å². The summed E-state index contributed by atoms with van der Waals surface area (Å²) in [6.07, 6.45) is -1.86. The number of esters is 1. The van der Waals surface area contributed by atoms with Crippen molar-refractivity contribution in [1.29, 1.82) is 0 Å². The Hall–Kier alpha value is -1.59. The van der Waals surface area contributed by atoms with Crippen LogP contribution in [0.15, 0.2) is 12.3 Å². The molecule has 0 saturated heterocycles. The smallest absolute Gasteiger partial charge is 0.416 e. The van der Waals surface area contributed by atoms with Crippen LogP contribution in [-0.4, -0.2) is 18.1 Å². The van der Waals surface area contributed by atoms with Gasteiger partial charge in [-0.05, 0) is 30.4 Å². The molecule has 0 aliphatic heterocycles. The van der Waals surface area contributed by atoms with E-state index in [1.165, 1.54) is 0 Å². The van der Waals surface area contributed by atoms with E-state index in [1.807, 2.05) is 0 Å². The van der Waals surface area contributed by atoms with Crippen molar-refractivity contribution >= 4 is 5.97 Å². The maximum Gasteiger partial charge on any atom is 0.416 e. The molecule has 1 aliphatic carbocycles. The zero-order chi connectivity index (χ0) is 12.6. The number of alkyl halides is 3.